The van der Waals surface area contributed by atoms with E-state index in [1.54, 1.807) is 6.20 Å². The van der Waals surface area contributed by atoms with Crippen molar-refractivity contribution in [2.24, 2.45) is 0 Å². The van der Waals surface area contributed by atoms with E-state index in [9.17, 15) is 4.79 Å². The minimum absolute atomic E-state index is 0.157. The number of anilines is 1. The van der Waals surface area contributed by atoms with Gasteiger partial charge in [0.2, 0.25) is 0 Å². The molecular formula is C17H25N7O. The zero-order valence-electron chi connectivity index (χ0n) is 14.5. The number of hydrogen-bond donors (Lipinski definition) is 3. The van der Waals surface area contributed by atoms with Gasteiger partial charge in [-0.15, -0.1) is 5.10 Å². The highest BCUT2D eigenvalue weighted by molar-refractivity contribution is 5.93. The highest BCUT2D eigenvalue weighted by atomic mass is 16.2. The van der Waals surface area contributed by atoms with E-state index in [1.165, 1.54) is 0 Å². The Hall–Kier alpha value is -2.48. The van der Waals surface area contributed by atoms with Gasteiger partial charge < -0.3 is 16.0 Å². The van der Waals surface area contributed by atoms with Crippen molar-refractivity contribution in [1.29, 1.82) is 0 Å². The fourth-order valence-electron chi connectivity index (χ4n) is 3.01. The van der Waals surface area contributed by atoms with E-state index in [4.69, 9.17) is 0 Å². The summed E-state index contributed by atoms with van der Waals surface area (Å²) in [7, 11) is 0. The molecular weight excluding hydrogens is 318 g/mol. The molecule has 1 fully saturated rings. The van der Waals surface area contributed by atoms with Crippen molar-refractivity contribution in [2.45, 2.75) is 32.2 Å². The van der Waals surface area contributed by atoms with E-state index in [1.807, 2.05) is 29.8 Å². The van der Waals surface area contributed by atoms with Crippen LogP contribution in [-0.2, 0) is 0 Å². The standard InChI is InChI=1S/C17H25N7O/c1-13-16(22-23-24(13)14-6-11-18-12-7-14)17(25)21-10-4-9-20-15-5-2-3-8-19-15/h2-3,5,8,14,18H,4,6-7,9-12H2,1H3,(H,19,20)(H,21,25). The van der Waals surface area contributed by atoms with Crippen LogP contribution in [0, 0.1) is 6.92 Å². The Labute approximate surface area is 147 Å². The molecule has 0 unspecified atom stereocenters. The third-order valence-corrected chi connectivity index (χ3v) is 4.41. The molecule has 0 bridgehead atoms. The Morgan fingerprint density at radius 3 is 2.92 bits per heavy atom. The average Bonchev–Trinajstić information content (AvgIpc) is 3.04. The van der Waals surface area contributed by atoms with E-state index in [0.29, 0.717) is 18.3 Å². The number of rotatable bonds is 7. The number of pyridine rings is 1. The summed E-state index contributed by atoms with van der Waals surface area (Å²) in [4.78, 5) is 16.5. The third-order valence-electron chi connectivity index (χ3n) is 4.41. The van der Waals surface area contributed by atoms with Crippen LogP contribution >= 0.6 is 0 Å². The van der Waals surface area contributed by atoms with Crippen LogP contribution in [0.3, 0.4) is 0 Å². The Bertz CT molecular complexity index is 680. The molecule has 25 heavy (non-hydrogen) atoms. The number of piperidine rings is 1. The van der Waals surface area contributed by atoms with Gasteiger partial charge in [0.05, 0.1) is 11.7 Å². The molecule has 0 aromatic carbocycles. The lowest BCUT2D eigenvalue weighted by atomic mass is 10.1. The maximum absolute atomic E-state index is 12.3. The lowest BCUT2D eigenvalue weighted by Gasteiger charge is -2.23. The van der Waals surface area contributed by atoms with Crippen LogP contribution < -0.4 is 16.0 Å². The molecule has 0 aliphatic carbocycles. The summed E-state index contributed by atoms with van der Waals surface area (Å²) in [5.41, 5.74) is 1.27. The highest BCUT2D eigenvalue weighted by Gasteiger charge is 2.22. The van der Waals surface area contributed by atoms with Crippen molar-refractivity contribution in [1.82, 2.24) is 30.6 Å². The van der Waals surface area contributed by atoms with Crippen LogP contribution in [0.1, 0.15) is 41.5 Å². The number of carbonyl (C=O) groups is 1. The van der Waals surface area contributed by atoms with Crippen LogP contribution in [-0.4, -0.2) is 52.1 Å². The average molecular weight is 343 g/mol. The maximum Gasteiger partial charge on any atom is 0.273 e. The number of carbonyl (C=O) groups excluding carboxylic acids is 1. The Kier molecular flexibility index (Phi) is 5.95. The number of nitrogens with zero attached hydrogens (tertiary/aromatic N) is 4. The second-order valence-corrected chi connectivity index (χ2v) is 6.20. The third kappa shape index (κ3) is 4.54. The van der Waals surface area contributed by atoms with Gasteiger partial charge in [-0.1, -0.05) is 11.3 Å². The molecule has 0 radical (unpaired) electrons. The van der Waals surface area contributed by atoms with Crippen LogP contribution in [0.2, 0.25) is 0 Å². The molecule has 134 valence electrons. The van der Waals surface area contributed by atoms with Crippen LogP contribution in [0.25, 0.3) is 0 Å². The lowest BCUT2D eigenvalue weighted by Crippen LogP contribution is -2.30. The molecule has 3 N–H and O–H groups in total. The molecule has 2 aromatic heterocycles. The van der Waals surface area contributed by atoms with Crippen molar-refractivity contribution >= 4 is 11.7 Å². The van der Waals surface area contributed by atoms with Gasteiger partial charge in [-0.3, -0.25) is 4.79 Å². The second kappa shape index (κ2) is 8.57. The molecule has 0 spiro atoms. The van der Waals surface area contributed by atoms with Gasteiger partial charge in [0.1, 0.15) is 5.82 Å². The second-order valence-electron chi connectivity index (χ2n) is 6.20. The molecule has 1 aliphatic heterocycles. The van der Waals surface area contributed by atoms with Crippen LogP contribution in [0.15, 0.2) is 24.4 Å². The smallest absolute Gasteiger partial charge is 0.273 e. The summed E-state index contributed by atoms with van der Waals surface area (Å²) < 4.78 is 1.90. The molecule has 3 heterocycles. The quantitative estimate of drug-likeness (QED) is 0.652. The van der Waals surface area contributed by atoms with E-state index >= 15 is 0 Å². The van der Waals surface area contributed by atoms with Gasteiger partial charge in [-0.2, -0.15) is 0 Å². The first kappa shape index (κ1) is 17.3. The number of nitrogens with one attached hydrogen (secondary N) is 3. The fourth-order valence-corrected chi connectivity index (χ4v) is 3.01. The zero-order chi connectivity index (χ0) is 17.5. The van der Waals surface area contributed by atoms with Gasteiger partial charge in [0.15, 0.2) is 5.69 Å². The molecule has 8 heteroatoms. The van der Waals surface area contributed by atoms with E-state index < -0.39 is 0 Å². The van der Waals surface area contributed by atoms with Crippen molar-refractivity contribution in [3.8, 4) is 0 Å². The summed E-state index contributed by atoms with van der Waals surface area (Å²) in [6.07, 6.45) is 4.59. The monoisotopic (exact) mass is 343 g/mol. The summed E-state index contributed by atoms with van der Waals surface area (Å²) in [5.74, 6) is 0.685. The van der Waals surface area contributed by atoms with Gasteiger partial charge in [0, 0.05) is 19.3 Å². The van der Waals surface area contributed by atoms with Crippen molar-refractivity contribution < 1.29 is 4.79 Å². The lowest BCUT2D eigenvalue weighted by molar-refractivity contribution is 0.0948. The molecule has 2 aromatic rings. The van der Waals surface area contributed by atoms with Gasteiger partial charge in [-0.25, -0.2) is 9.67 Å². The predicted octanol–water partition coefficient (Wildman–Crippen LogP) is 1.14. The van der Waals surface area contributed by atoms with Gasteiger partial charge in [-0.05, 0) is 51.4 Å². The molecule has 1 amide bonds. The van der Waals surface area contributed by atoms with Crippen molar-refractivity contribution in [2.75, 3.05) is 31.5 Å². The van der Waals surface area contributed by atoms with Gasteiger partial charge >= 0.3 is 0 Å². The number of amides is 1. The first-order valence-corrected chi connectivity index (χ1v) is 8.81. The molecule has 0 atom stereocenters. The van der Waals surface area contributed by atoms with E-state index in [-0.39, 0.29) is 5.91 Å². The van der Waals surface area contributed by atoms with E-state index in [2.05, 4.69) is 31.2 Å². The van der Waals surface area contributed by atoms with E-state index in [0.717, 1.165) is 50.4 Å². The topological polar surface area (TPSA) is 96.8 Å². The summed E-state index contributed by atoms with van der Waals surface area (Å²) in [6, 6.07) is 6.06. The fraction of sp³-hybridized carbons (Fsp3) is 0.529. The predicted molar refractivity (Wildman–Crippen MR) is 95.6 cm³/mol. The summed E-state index contributed by atoms with van der Waals surface area (Å²) in [6.45, 7) is 5.21. The SMILES string of the molecule is Cc1c(C(=O)NCCCNc2ccccn2)nnn1C1CCNCC1. The molecule has 8 nitrogen and oxygen atoms in total. The van der Waals surface area contributed by atoms with Crippen molar-refractivity contribution in [3.05, 3.63) is 35.8 Å². The normalized spacial score (nSPS) is 15.1. The molecule has 3 rings (SSSR count). The van der Waals surface area contributed by atoms with Crippen LogP contribution in [0.4, 0.5) is 5.82 Å². The number of hydrogen-bond acceptors (Lipinski definition) is 6. The minimum Gasteiger partial charge on any atom is -0.370 e. The Balaban J connectivity index is 1.44. The molecule has 0 saturated carbocycles. The zero-order valence-corrected chi connectivity index (χ0v) is 14.5. The summed E-state index contributed by atoms with van der Waals surface area (Å²) >= 11 is 0. The molecule has 1 saturated heterocycles. The first-order valence-electron chi connectivity index (χ1n) is 8.81. The van der Waals surface area contributed by atoms with Crippen LogP contribution in [0.5, 0.6) is 0 Å². The maximum atomic E-state index is 12.3. The highest BCUT2D eigenvalue weighted by Crippen LogP contribution is 2.20. The Morgan fingerprint density at radius 2 is 2.16 bits per heavy atom. The molecule has 1 aliphatic rings. The van der Waals surface area contributed by atoms with Crippen molar-refractivity contribution in [3.63, 3.8) is 0 Å². The number of aromatic nitrogens is 4. The minimum atomic E-state index is -0.157. The summed E-state index contributed by atoms with van der Waals surface area (Å²) in [5, 5.41) is 17.8. The first-order chi connectivity index (χ1) is 12.3. The largest absolute Gasteiger partial charge is 0.370 e. The Morgan fingerprint density at radius 1 is 1.32 bits per heavy atom. The van der Waals surface area contributed by atoms with Gasteiger partial charge in [0.25, 0.3) is 5.91 Å².